The molecule has 1 atom stereocenters. The van der Waals surface area contributed by atoms with Crippen molar-refractivity contribution in [1.29, 1.82) is 0 Å². The summed E-state index contributed by atoms with van der Waals surface area (Å²) < 4.78 is 4.99. The summed E-state index contributed by atoms with van der Waals surface area (Å²) in [6, 6.07) is 0.362. The standard InChI is InChI=1S/C11H23NO3/c1-4-6-10(5-2)12(7-8-15-3)9-11(13)14/h10H,4-9H2,1-3H3,(H,13,14). The van der Waals surface area contributed by atoms with E-state index in [1.807, 2.05) is 4.90 Å². The predicted octanol–water partition coefficient (Wildman–Crippen LogP) is 1.60. The van der Waals surface area contributed by atoms with Crippen molar-refractivity contribution in [2.24, 2.45) is 0 Å². The molecule has 0 saturated heterocycles. The lowest BCUT2D eigenvalue weighted by Gasteiger charge is -2.29. The van der Waals surface area contributed by atoms with Crippen LogP contribution >= 0.6 is 0 Å². The van der Waals surface area contributed by atoms with Gasteiger partial charge >= 0.3 is 5.97 Å². The zero-order valence-corrected chi connectivity index (χ0v) is 10.0. The number of nitrogens with zero attached hydrogens (tertiary/aromatic N) is 1. The monoisotopic (exact) mass is 217 g/mol. The second-order valence-electron chi connectivity index (χ2n) is 3.71. The van der Waals surface area contributed by atoms with E-state index in [1.165, 1.54) is 0 Å². The lowest BCUT2D eigenvalue weighted by atomic mass is 10.1. The van der Waals surface area contributed by atoms with Gasteiger partial charge in [0.1, 0.15) is 0 Å². The number of methoxy groups -OCH3 is 1. The second-order valence-corrected chi connectivity index (χ2v) is 3.71. The molecule has 0 rings (SSSR count). The van der Waals surface area contributed by atoms with Gasteiger partial charge < -0.3 is 9.84 Å². The molecule has 4 nitrogen and oxygen atoms in total. The molecule has 0 aliphatic rings. The van der Waals surface area contributed by atoms with Crippen LogP contribution in [0.5, 0.6) is 0 Å². The Balaban J connectivity index is 4.21. The van der Waals surface area contributed by atoms with E-state index in [-0.39, 0.29) is 6.54 Å². The molecule has 0 aliphatic heterocycles. The summed E-state index contributed by atoms with van der Waals surface area (Å²) in [5, 5.41) is 8.81. The number of ether oxygens (including phenoxy) is 1. The highest BCUT2D eigenvalue weighted by molar-refractivity contribution is 5.69. The fourth-order valence-electron chi connectivity index (χ4n) is 1.75. The van der Waals surface area contributed by atoms with E-state index in [9.17, 15) is 4.79 Å². The number of carbonyl (C=O) groups is 1. The van der Waals surface area contributed by atoms with E-state index in [2.05, 4.69) is 13.8 Å². The number of carboxylic acids is 1. The maximum absolute atomic E-state index is 10.7. The number of carboxylic acid groups (broad SMARTS) is 1. The van der Waals surface area contributed by atoms with Gasteiger partial charge in [0.2, 0.25) is 0 Å². The van der Waals surface area contributed by atoms with Gasteiger partial charge in [-0.15, -0.1) is 0 Å². The average molecular weight is 217 g/mol. The minimum atomic E-state index is -0.763. The molecule has 0 aromatic rings. The lowest BCUT2D eigenvalue weighted by Crippen LogP contribution is -2.40. The zero-order chi connectivity index (χ0) is 11.7. The number of rotatable bonds is 9. The van der Waals surface area contributed by atoms with Gasteiger partial charge in [-0.3, -0.25) is 9.69 Å². The normalized spacial score (nSPS) is 13.1. The third kappa shape index (κ3) is 6.47. The van der Waals surface area contributed by atoms with Gasteiger partial charge in [0.25, 0.3) is 0 Å². The van der Waals surface area contributed by atoms with E-state index >= 15 is 0 Å². The Labute approximate surface area is 92.2 Å². The third-order valence-corrected chi connectivity index (χ3v) is 2.53. The quantitative estimate of drug-likeness (QED) is 0.637. The fraction of sp³-hybridized carbons (Fsp3) is 0.909. The molecular weight excluding hydrogens is 194 g/mol. The maximum atomic E-state index is 10.7. The topological polar surface area (TPSA) is 49.8 Å². The first kappa shape index (κ1) is 14.4. The van der Waals surface area contributed by atoms with Crippen molar-refractivity contribution >= 4 is 5.97 Å². The van der Waals surface area contributed by atoms with Gasteiger partial charge in [-0.1, -0.05) is 20.3 Å². The Morgan fingerprint density at radius 2 is 2.13 bits per heavy atom. The number of hydrogen-bond donors (Lipinski definition) is 1. The van der Waals surface area contributed by atoms with Gasteiger partial charge in [-0.05, 0) is 12.8 Å². The minimum absolute atomic E-state index is 0.113. The van der Waals surface area contributed by atoms with Crippen LogP contribution in [0.3, 0.4) is 0 Å². The predicted molar refractivity (Wildman–Crippen MR) is 60.1 cm³/mol. The molecule has 0 fully saturated rings. The van der Waals surface area contributed by atoms with Crippen molar-refractivity contribution < 1.29 is 14.6 Å². The van der Waals surface area contributed by atoms with Crippen molar-refractivity contribution in [2.75, 3.05) is 26.8 Å². The number of hydrogen-bond acceptors (Lipinski definition) is 3. The van der Waals surface area contributed by atoms with Crippen LogP contribution in [0.4, 0.5) is 0 Å². The van der Waals surface area contributed by atoms with Crippen molar-refractivity contribution in [3.8, 4) is 0 Å². The highest BCUT2D eigenvalue weighted by Crippen LogP contribution is 2.10. The number of aliphatic carboxylic acids is 1. The summed E-state index contributed by atoms with van der Waals surface area (Å²) >= 11 is 0. The van der Waals surface area contributed by atoms with Crippen LogP contribution < -0.4 is 0 Å². The summed E-state index contributed by atoms with van der Waals surface area (Å²) in [7, 11) is 1.64. The maximum Gasteiger partial charge on any atom is 0.317 e. The van der Waals surface area contributed by atoms with Gasteiger partial charge in [0, 0.05) is 19.7 Å². The van der Waals surface area contributed by atoms with Crippen molar-refractivity contribution in [2.45, 2.75) is 39.2 Å². The Morgan fingerprint density at radius 1 is 1.47 bits per heavy atom. The molecule has 1 N–H and O–H groups in total. The van der Waals surface area contributed by atoms with Crippen molar-refractivity contribution in [3.63, 3.8) is 0 Å². The molecular formula is C11H23NO3. The Kier molecular flexibility index (Phi) is 8.33. The zero-order valence-electron chi connectivity index (χ0n) is 10.0. The summed E-state index contributed by atoms with van der Waals surface area (Å²) in [4.78, 5) is 12.7. The molecule has 15 heavy (non-hydrogen) atoms. The Hall–Kier alpha value is -0.610. The first-order valence-corrected chi connectivity index (χ1v) is 5.60. The first-order valence-electron chi connectivity index (χ1n) is 5.60. The first-order chi connectivity index (χ1) is 7.15. The molecule has 0 aromatic heterocycles. The molecule has 90 valence electrons. The van der Waals surface area contributed by atoms with Gasteiger partial charge in [0.15, 0.2) is 0 Å². The summed E-state index contributed by atoms with van der Waals surface area (Å²) in [6.45, 7) is 5.62. The van der Waals surface area contributed by atoms with Crippen LogP contribution in [-0.2, 0) is 9.53 Å². The molecule has 4 heteroatoms. The van der Waals surface area contributed by atoms with E-state index in [0.29, 0.717) is 19.2 Å². The van der Waals surface area contributed by atoms with E-state index in [0.717, 1.165) is 19.3 Å². The lowest BCUT2D eigenvalue weighted by molar-refractivity contribution is -0.139. The molecule has 0 aromatic carbocycles. The molecule has 0 radical (unpaired) electrons. The second kappa shape index (κ2) is 8.68. The third-order valence-electron chi connectivity index (χ3n) is 2.53. The highest BCUT2D eigenvalue weighted by Gasteiger charge is 2.18. The van der Waals surface area contributed by atoms with Crippen LogP contribution in [0.1, 0.15) is 33.1 Å². The molecule has 0 spiro atoms. The molecule has 0 saturated carbocycles. The highest BCUT2D eigenvalue weighted by atomic mass is 16.5. The van der Waals surface area contributed by atoms with Crippen molar-refractivity contribution in [3.05, 3.63) is 0 Å². The minimum Gasteiger partial charge on any atom is -0.480 e. The van der Waals surface area contributed by atoms with Gasteiger partial charge in [0.05, 0.1) is 13.2 Å². The summed E-state index contributed by atoms with van der Waals surface area (Å²) in [6.07, 6.45) is 3.12. The summed E-state index contributed by atoms with van der Waals surface area (Å²) in [5.41, 5.74) is 0. The smallest absolute Gasteiger partial charge is 0.317 e. The molecule has 0 aliphatic carbocycles. The Morgan fingerprint density at radius 3 is 2.53 bits per heavy atom. The van der Waals surface area contributed by atoms with Gasteiger partial charge in [-0.25, -0.2) is 0 Å². The van der Waals surface area contributed by atoms with E-state index < -0.39 is 5.97 Å². The molecule has 1 unspecified atom stereocenters. The van der Waals surface area contributed by atoms with Crippen LogP contribution in [0.25, 0.3) is 0 Å². The van der Waals surface area contributed by atoms with Crippen LogP contribution in [0, 0.1) is 0 Å². The Bertz CT molecular complexity index is 173. The fourth-order valence-corrected chi connectivity index (χ4v) is 1.75. The summed E-state index contributed by atoms with van der Waals surface area (Å²) in [5.74, 6) is -0.763. The van der Waals surface area contributed by atoms with Gasteiger partial charge in [-0.2, -0.15) is 0 Å². The molecule has 0 bridgehead atoms. The average Bonchev–Trinajstić information content (AvgIpc) is 2.20. The van der Waals surface area contributed by atoms with Crippen LogP contribution in [0.2, 0.25) is 0 Å². The van der Waals surface area contributed by atoms with Crippen molar-refractivity contribution in [1.82, 2.24) is 4.90 Å². The van der Waals surface area contributed by atoms with E-state index in [1.54, 1.807) is 7.11 Å². The molecule has 0 amide bonds. The van der Waals surface area contributed by atoms with Crippen LogP contribution in [-0.4, -0.2) is 48.8 Å². The molecule has 0 heterocycles. The SMILES string of the molecule is CCCC(CC)N(CCOC)CC(=O)O. The van der Waals surface area contributed by atoms with E-state index in [4.69, 9.17) is 9.84 Å². The largest absolute Gasteiger partial charge is 0.480 e. The van der Waals surface area contributed by atoms with Crippen LogP contribution in [0.15, 0.2) is 0 Å².